The lowest BCUT2D eigenvalue weighted by atomic mass is 9.97. The van der Waals surface area contributed by atoms with E-state index in [1.807, 2.05) is 0 Å². The first-order valence-electron chi connectivity index (χ1n) is 4.34. The molecule has 0 saturated carbocycles. The number of aliphatic hydroxyl groups is 4. The molecule has 80 valence electrons. The minimum Gasteiger partial charge on any atom is -0.396 e. The fourth-order valence-corrected chi connectivity index (χ4v) is 1.00. The summed E-state index contributed by atoms with van der Waals surface area (Å²) in [5, 5.41) is 39.4. The van der Waals surface area contributed by atoms with Crippen molar-refractivity contribution in [2.45, 2.75) is 25.2 Å². The smallest absolute Gasteiger partial charge is 0.107 e. The highest BCUT2D eigenvalue weighted by atomic mass is 16.4. The zero-order valence-electron chi connectivity index (χ0n) is 8.01. The van der Waals surface area contributed by atoms with Crippen LogP contribution in [0, 0.1) is 5.92 Å². The number of nitrogens with one attached hydrogen (secondary N) is 1. The predicted molar refractivity (Wildman–Crippen MR) is 48.2 cm³/mol. The molecule has 0 bridgehead atoms. The number of aliphatic hydroxyl groups excluding tert-OH is 4. The van der Waals surface area contributed by atoms with Crippen LogP contribution in [0.4, 0.5) is 0 Å². The van der Waals surface area contributed by atoms with Gasteiger partial charge in [-0.25, -0.2) is 0 Å². The van der Waals surface area contributed by atoms with E-state index >= 15 is 0 Å². The molecule has 0 aliphatic heterocycles. The average Bonchev–Trinajstić information content (AvgIpc) is 2.14. The minimum atomic E-state index is -1.23. The van der Waals surface area contributed by atoms with Crippen molar-refractivity contribution in [1.29, 1.82) is 0 Å². The molecule has 0 amide bonds. The molecule has 0 aliphatic carbocycles. The van der Waals surface area contributed by atoms with Gasteiger partial charge in [-0.05, 0) is 7.05 Å². The highest BCUT2D eigenvalue weighted by Crippen LogP contribution is 2.09. The third-order valence-corrected chi connectivity index (χ3v) is 2.03. The van der Waals surface area contributed by atoms with Crippen LogP contribution >= 0.6 is 0 Å². The molecule has 0 saturated heterocycles. The Morgan fingerprint density at radius 3 is 2.08 bits per heavy atom. The number of hydrogen-bond donors (Lipinski definition) is 5. The molecule has 0 rings (SSSR count). The Kier molecular flexibility index (Phi) is 6.19. The van der Waals surface area contributed by atoms with E-state index in [0.29, 0.717) is 0 Å². The third-order valence-electron chi connectivity index (χ3n) is 2.03. The van der Waals surface area contributed by atoms with Gasteiger partial charge in [0.25, 0.3) is 0 Å². The second-order valence-corrected chi connectivity index (χ2v) is 3.27. The summed E-state index contributed by atoms with van der Waals surface area (Å²) in [6, 6.07) is 0. The van der Waals surface area contributed by atoms with E-state index in [1.165, 1.54) is 0 Å². The van der Waals surface area contributed by atoms with Gasteiger partial charge in [-0.1, -0.05) is 6.92 Å². The Morgan fingerprint density at radius 2 is 1.69 bits per heavy atom. The number of rotatable bonds is 6. The van der Waals surface area contributed by atoms with E-state index in [4.69, 9.17) is 5.11 Å². The number of hydrogen-bond acceptors (Lipinski definition) is 5. The summed E-state index contributed by atoms with van der Waals surface area (Å²) in [4.78, 5) is 0. The van der Waals surface area contributed by atoms with Gasteiger partial charge in [-0.3, -0.25) is 0 Å². The van der Waals surface area contributed by atoms with E-state index in [-0.39, 0.29) is 13.2 Å². The van der Waals surface area contributed by atoms with Crippen molar-refractivity contribution in [3.63, 3.8) is 0 Å². The molecule has 13 heavy (non-hydrogen) atoms. The van der Waals surface area contributed by atoms with Crippen molar-refractivity contribution in [3.8, 4) is 0 Å². The van der Waals surface area contributed by atoms with Gasteiger partial charge in [0, 0.05) is 19.1 Å². The Balaban J connectivity index is 3.99. The molecule has 5 heteroatoms. The lowest BCUT2D eigenvalue weighted by Gasteiger charge is -2.26. The summed E-state index contributed by atoms with van der Waals surface area (Å²) in [6.07, 6.45) is -3.35. The summed E-state index contributed by atoms with van der Waals surface area (Å²) >= 11 is 0. The zero-order chi connectivity index (χ0) is 10.4. The second-order valence-electron chi connectivity index (χ2n) is 3.27. The van der Waals surface area contributed by atoms with Crippen molar-refractivity contribution in [2.24, 2.45) is 5.92 Å². The van der Waals surface area contributed by atoms with Crippen molar-refractivity contribution in [2.75, 3.05) is 20.2 Å². The summed E-state index contributed by atoms with van der Waals surface area (Å²) in [7, 11) is 1.64. The first-order chi connectivity index (χ1) is 6.04. The first-order valence-corrected chi connectivity index (χ1v) is 4.34. The lowest BCUT2D eigenvalue weighted by Crippen LogP contribution is -2.45. The monoisotopic (exact) mass is 193 g/mol. The SMILES string of the molecule is CNCC(O)C(O)C(O)C(C)CO. The number of likely N-dealkylation sites (N-methyl/N-ethyl adjacent to an activating group) is 1. The summed E-state index contributed by atoms with van der Waals surface area (Å²) in [6.45, 7) is 1.58. The van der Waals surface area contributed by atoms with Gasteiger partial charge in [0.15, 0.2) is 0 Å². The zero-order valence-corrected chi connectivity index (χ0v) is 8.01. The van der Waals surface area contributed by atoms with Crippen molar-refractivity contribution >= 4 is 0 Å². The fourth-order valence-electron chi connectivity index (χ4n) is 1.00. The van der Waals surface area contributed by atoms with Crippen LogP contribution in [0.15, 0.2) is 0 Å². The van der Waals surface area contributed by atoms with Gasteiger partial charge in [0.05, 0.1) is 12.2 Å². The van der Waals surface area contributed by atoms with Gasteiger partial charge in [-0.2, -0.15) is 0 Å². The van der Waals surface area contributed by atoms with Crippen LogP contribution in [0.5, 0.6) is 0 Å². The van der Waals surface area contributed by atoms with Gasteiger partial charge < -0.3 is 25.7 Å². The second kappa shape index (κ2) is 6.28. The molecule has 0 aromatic carbocycles. The Hall–Kier alpha value is -0.200. The van der Waals surface area contributed by atoms with Crippen LogP contribution in [-0.4, -0.2) is 58.9 Å². The molecule has 0 aromatic heterocycles. The standard InChI is InChI=1S/C8H19NO4/c1-5(4-10)7(12)8(13)6(11)3-9-2/h5-13H,3-4H2,1-2H3. The summed E-state index contributed by atoms with van der Waals surface area (Å²) < 4.78 is 0. The van der Waals surface area contributed by atoms with E-state index < -0.39 is 24.2 Å². The summed E-state index contributed by atoms with van der Waals surface area (Å²) in [5.41, 5.74) is 0. The molecular formula is C8H19NO4. The Labute approximate surface area is 78.0 Å². The quantitative estimate of drug-likeness (QED) is 0.334. The molecule has 0 radical (unpaired) electrons. The lowest BCUT2D eigenvalue weighted by molar-refractivity contribution is -0.0834. The van der Waals surface area contributed by atoms with E-state index in [0.717, 1.165) is 0 Å². The van der Waals surface area contributed by atoms with Crippen LogP contribution in [0.1, 0.15) is 6.92 Å². The topological polar surface area (TPSA) is 93.0 Å². The molecule has 0 heterocycles. The molecule has 4 unspecified atom stereocenters. The van der Waals surface area contributed by atoms with Crippen LogP contribution in [0.3, 0.4) is 0 Å². The normalized spacial score (nSPS) is 20.8. The van der Waals surface area contributed by atoms with Crippen molar-refractivity contribution in [3.05, 3.63) is 0 Å². The predicted octanol–water partition coefficient (Wildman–Crippen LogP) is -2.08. The highest BCUT2D eigenvalue weighted by molar-refractivity contribution is 4.79. The first kappa shape index (κ1) is 12.8. The fraction of sp³-hybridized carbons (Fsp3) is 1.00. The van der Waals surface area contributed by atoms with Crippen molar-refractivity contribution in [1.82, 2.24) is 5.32 Å². The van der Waals surface area contributed by atoms with Crippen LogP contribution in [0.25, 0.3) is 0 Å². The van der Waals surface area contributed by atoms with Crippen LogP contribution < -0.4 is 5.32 Å². The molecule has 5 nitrogen and oxygen atoms in total. The third kappa shape index (κ3) is 4.02. The molecule has 0 spiro atoms. The molecular weight excluding hydrogens is 174 g/mol. The largest absolute Gasteiger partial charge is 0.396 e. The van der Waals surface area contributed by atoms with Crippen LogP contribution in [-0.2, 0) is 0 Å². The van der Waals surface area contributed by atoms with Gasteiger partial charge in [-0.15, -0.1) is 0 Å². The highest BCUT2D eigenvalue weighted by Gasteiger charge is 2.27. The van der Waals surface area contributed by atoms with Gasteiger partial charge in [0.1, 0.15) is 6.10 Å². The van der Waals surface area contributed by atoms with E-state index in [1.54, 1.807) is 14.0 Å². The van der Waals surface area contributed by atoms with Crippen molar-refractivity contribution < 1.29 is 20.4 Å². The molecule has 0 aliphatic rings. The molecule has 0 fully saturated rings. The van der Waals surface area contributed by atoms with Gasteiger partial charge >= 0.3 is 0 Å². The molecule has 5 N–H and O–H groups in total. The maximum atomic E-state index is 9.39. The molecule has 0 aromatic rings. The van der Waals surface area contributed by atoms with Crippen LogP contribution in [0.2, 0.25) is 0 Å². The average molecular weight is 193 g/mol. The van der Waals surface area contributed by atoms with E-state index in [9.17, 15) is 15.3 Å². The maximum Gasteiger partial charge on any atom is 0.107 e. The van der Waals surface area contributed by atoms with Gasteiger partial charge in [0.2, 0.25) is 0 Å². The Morgan fingerprint density at radius 1 is 1.15 bits per heavy atom. The minimum absolute atomic E-state index is 0.205. The Bertz CT molecular complexity index is 133. The summed E-state index contributed by atoms with van der Waals surface area (Å²) in [5.74, 6) is -0.443. The molecule has 4 atom stereocenters. The maximum absolute atomic E-state index is 9.39. The van der Waals surface area contributed by atoms with E-state index in [2.05, 4.69) is 5.32 Å².